The van der Waals surface area contributed by atoms with Gasteiger partial charge in [-0.1, -0.05) is 24.3 Å². The highest BCUT2D eigenvalue weighted by molar-refractivity contribution is 7.27. The van der Waals surface area contributed by atoms with Gasteiger partial charge < -0.3 is 0 Å². The van der Waals surface area contributed by atoms with Crippen molar-refractivity contribution in [1.29, 1.82) is 0 Å². The Bertz CT molecular complexity index is 582. The van der Waals surface area contributed by atoms with Crippen molar-refractivity contribution in [3.63, 3.8) is 0 Å². The summed E-state index contributed by atoms with van der Waals surface area (Å²) in [6, 6.07) is 7.10. The molecular weight excluding hydrogens is 263 g/mol. The SMILES string of the molecule is Fc1cc(-c2ccc(P)c(F)c2F)ccc1P. The van der Waals surface area contributed by atoms with Gasteiger partial charge in [-0.25, -0.2) is 13.2 Å². The number of hydrogen-bond donors (Lipinski definition) is 0. The van der Waals surface area contributed by atoms with Crippen molar-refractivity contribution in [2.45, 2.75) is 0 Å². The van der Waals surface area contributed by atoms with Gasteiger partial charge in [0.1, 0.15) is 5.82 Å². The third-order valence-electron chi connectivity index (χ3n) is 2.42. The van der Waals surface area contributed by atoms with Crippen molar-refractivity contribution in [2.24, 2.45) is 0 Å². The van der Waals surface area contributed by atoms with Crippen LogP contribution in [-0.4, -0.2) is 0 Å². The van der Waals surface area contributed by atoms with E-state index in [4.69, 9.17) is 0 Å². The molecule has 0 aliphatic heterocycles. The molecule has 0 saturated heterocycles. The molecule has 0 N–H and O–H groups in total. The first-order chi connectivity index (χ1) is 8.00. The van der Waals surface area contributed by atoms with E-state index in [9.17, 15) is 13.2 Å². The van der Waals surface area contributed by atoms with Crippen molar-refractivity contribution in [3.05, 3.63) is 47.8 Å². The molecule has 2 rings (SSSR count). The lowest BCUT2D eigenvalue weighted by atomic mass is 10.0. The molecule has 0 saturated carbocycles. The van der Waals surface area contributed by atoms with E-state index in [2.05, 4.69) is 18.5 Å². The van der Waals surface area contributed by atoms with Crippen LogP contribution < -0.4 is 10.6 Å². The predicted molar refractivity (Wildman–Crippen MR) is 70.4 cm³/mol. The number of benzene rings is 2. The van der Waals surface area contributed by atoms with Crippen molar-refractivity contribution in [2.75, 3.05) is 0 Å². The summed E-state index contributed by atoms with van der Waals surface area (Å²) < 4.78 is 40.4. The van der Waals surface area contributed by atoms with E-state index in [-0.39, 0.29) is 10.9 Å². The van der Waals surface area contributed by atoms with Crippen LogP contribution in [-0.2, 0) is 0 Å². The molecule has 2 atom stereocenters. The van der Waals surface area contributed by atoms with E-state index < -0.39 is 17.5 Å². The zero-order valence-corrected chi connectivity index (χ0v) is 11.0. The molecule has 0 aliphatic carbocycles. The van der Waals surface area contributed by atoms with Crippen molar-refractivity contribution in [3.8, 4) is 11.1 Å². The maximum Gasteiger partial charge on any atom is 0.167 e. The minimum absolute atomic E-state index is 0.0533. The van der Waals surface area contributed by atoms with Gasteiger partial charge in [0.2, 0.25) is 0 Å². The molecule has 2 aromatic rings. The third-order valence-corrected chi connectivity index (χ3v) is 3.34. The third kappa shape index (κ3) is 2.36. The van der Waals surface area contributed by atoms with Crippen LogP contribution in [0.2, 0.25) is 0 Å². The number of halogens is 3. The minimum Gasteiger partial charge on any atom is -0.206 e. The molecule has 0 aromatic heterocycles. The molecule has 88 valence electrons. The highest BCUT2D eigenvalue weighted by Gasteiger charge is 2.13. The summed E-state index contributed by atoms with van der Waals surface area (Å²) in [5.41, 5.74) is 0.368. The van der Waals surface area contributed by atoms with Gasteiger partial charge in [-0.05, 0) is 11.6 Å². The summed E-state index contributed by atoms with van der Waals surface area (Å²) >= 11 is 0. The monoisotopic (exact) mass is 272 g/mol. The highest BCUT2D eigenvalue weighted by Crippen LogP contribution is 2.24. The predicted octanol–water partition coefficient (Wildman–Crippen LogP) is 2.77. The van der Waals surface area contributed by atoms with Crippen molar-refractivity contribution >= 4 is 29.1 Å². The maximum absolute atomic E-state index is 13.7. The first-order valence-corrected chi connectivity index (χ1v) is 5.95. The van der Waals surface area contributed by atoms with E-state index >= 15 is 0 Å². The van der Waals surface area contributed by atoms with E-state index in [1.807, 2.05) is 0 Å². The van der Waals surface area contributed by atoms with Crippen LogP contribution in [0.25, 0.3) is 11.1 Å². The summed E-state index contributed by atoms with van der Waals surface area (Å²) in [6.07, 6.45) is 0. The number of rotatable bonds is 1. The van der Waals surface area contributed by atoms with Crippen LogP contribution in [0.3, 0.4) is 0 Å². The van der Waals surface area contributed by atoms with Gasteiger partial charge in [-0.3, -0.25) is 0 Å². The fourth-order valence-electron chi connectivity index (χ4n) is 1.48. The second-order valence-corrected chi connectivity index (χ2v) is 4.81. The summed E-state index contributed by atoms with van der Waals surface area (Å²) in [5.74, 6) is -2.36. The fourth-order valence-corrected chi connectivity index (χ4v) is 1.88. The zero-order chi connectivity index (χ0) is 12.6. The molecule has 17 heavy (non-hydrogen) atoms. The van der Waals surface area contributed by atoms with Gasteiger partial charge >= 0.3 is 0 Å². The molecule has 0 fully saturated rings. The molecule has 2 unspecified atom stereocenters. The second-order valence-electron chi connectivity index (χ2n) is 3.57. The van der Waals surface area contributed by atoms with Crippen LogP contribution in [0.4, 0.5) is 13.2 Å². The van der Waals surface area contributed by atoms with E-state index in [0.717, 1.165) is 0 Å². The number of hydrogen-bond acceptors (Lipinski definition) is 0. The molecule has 2 aromatic carbocycles. The average Bonchev–Trinajstić information content (AvgIpc) is 2.30. The Labute approximate surface area is 102 Å². The van der Waals surface area contributed by atoms with Crippen LogP contribution >= 0.6 is 18.5 Å². The highest BCUT2D eigenvalue weighted by atomic mass is 31.0. The van der Waals surface area contributed by atoms with Gasteiger partial charge in [-0.2, -0.15) is 0 Å². The molecular formula is C12H9F3P2. The van der Waals surface area contributed by atoms with Gasteiger partial charge in [0.15, 0.2) is 11.6 Å². The van der Waals surface area contributed by atoms with Crippen LogP contribution in [0.15, 0.2) is 30.3 Å². The van der Waals surface area contributed by atoms with Crippen LogP contribution in [0.5, 0.6) is 0 Å². The molecule has 0 aliphatic rings. The Hall–Kier alpha value is -0.910. The Kier molecular flexibility index (Phi) is 3.51. The second kappa shape index (κ2) is 4.76. The molecule has 0 radical (unpaired) electrons. The largest absolute Gasteiger partial charge is 0.206 e. The summed E-state index contributed by atoms with van der Waals surface area (Å²) in [6.45, 7) is 0. The van der Waals surface area contributed by atoms with Gasteiger partial charge in [0, 0.05) is 16.2 Å². The Balaban J connectivity index is 2.61. The molecule has 0 spiro atoms. The molecule has 0 nitrogen and oxygen atoms in total. The van der Waals surface area contributed by atoms with Crippen molar-refractivity contribution < 1.29 is 13.2 Å². The first kappa shape index (κ1) is 12.5. The molecule has 5 heteroatoms. The van der Waals surface area contributed by atoms with Gasteiger partial charge in [0.05, 0.1) is 0 Å². The standard InChI is InChI=1S/C12H9F3P2/c13-8-5-6(1-3-9(8)16)7-2-4-10(17)12(15)11(7)14/h1-5H,16-17H2. The lowest BCUT2D eigenvalue weighted by molar-refractivity contribution is 0.517. The summed E-state index contributed by atoms with van der Waals surface area (Å²) in [7, 11) is 4.34. The van der Waals surface area contributed by atoms with E-state index in [0.29, 0.717) is 10.9 Å². The topological polar surface area (TPSA) is 0 Å². The van der Waals surface area contributed by atoms with Crippen molar-refractivity contribution in [1.82, 2.24) is 0 Å². The maximum atomic E-state index is 13.7. The molecule has 0 heterocycles. The normalized spacial score (nSPS) is 10.6. The van der Waals surface area contributed by atoms with Crippen LogP contribution in [0, 0.1) is 17.5 Å². The average molecular weight is 272 g/mol. The quantitative estimate of drug-likeness (QED) is 0.700. The van der Waals surface area contributed by atoms with Gasteiger partial charge in [0.25, 0.3) is 0 Å². The molecule has 0 bridgehead atoms. The van der Waals surface area contributed by atoms with Gasteiger partial charge in [-0.15, -0.1) is 18.5 Å². The Morgan fingerprint density at radius 3 is 2.06 bits per heavy atom. The lowest BCUT2D eigenvalue weighted by Crippen LogP contribution is -2.04. The lowest BCUT2D eigenvalue weighted by Gasteiger charge is -2.07. The Morgan fingerprint density at radius 1 is 0.765 bits per heavy atom. The van der Waals surface area contributed by atoms with E-state index in [1.54, 1.807) is 6.07 Å². The van der Waals surface area contributed by atoms with Crippen LogP contribution in [0.1, 0.15) is 0 Å². The first-order valence-electron chi connectivity index (χ1n) is 4.79. The zero-order valence-electron chi connectivity index (χ0n) is 8.68. The summed E-state index contributed by atoms with van der Waals surface area (Å²) in [4.78, 5) is 0. The minimum atomic E-state index is -0.964. The molecule has 0 amide bonds. The Morgan fingerprint density at radius 2 is 1.41 bits per heavy atom. The fraction of sp³-hybridized carbons (Fsp3) is 0. The van der Waals surface area contributed by atoms with E-state index in [1.165, 1.54) is 24.3 Å². The summed E-state index contributed by atoms with van der Waals surface area (Å²) in [5, 5.41) is 0.534. The smallest absolute Gasteiger partial charge is 0.167 e.